The van der Waals surface area contributed by atoms with Gasteiger partial charge in [0.2, 0.25) is 0 Å². The van der Waals surface area contributed by atoms with Crippen LogP contribution in [0.4, 0.5) is 0 Å². The van der Waals surface area contributed by atoms with Gasteiger partial charge in [-0.15, -0.1) is 0 Å². The summed E-state index contributed by atoms with van der Waals surface area (Å²) in [6, 6.07) is 0.533. The first kappa shape index (κ1) is 13.7. The quantitative estimate of drug-likeness (QED) is 0.782. The fraction of sp³-hybridized carbons (Fsp3) is 1.00. The molecule has 0 saturated carbocycles. The maximum absolute atomic E-state index is 5.69. The Kier molecular flexibility index (Phi) is 4.75. The highest BCUT2D eigenvalue weighted by atomic mass is 32.1. The molecule has 0 aromatic rings. The second-order valence-electron chi connectivity index (χ2n) is 5.69. The molecule has 2 unspecified atom stereocenters. The smallest absolute Gasteiger partial charge is 0.0674 e. The molecule has 0 aliphatic carbocycles. The van der Waals surface area contributed by atoms with Gasteiger partial charge in [-0.3, -0.25) is 4.90 Å². The maximum Gasteiger partial charge on any atom is 0.0674 e. The molecule has 0 radical (unpaired) electrons. The number of rotatable bonds is 3. The van der Waals surface area contributed by atoms with Gasteiger partial charge in [-0.1, -0.05) is 0 Å². The van der Waals surface area contributed by atoms with E-state index in [1.807, 2.05) is 0 Å². The van der Waals surface area contributed by atoms with Crippen LogP contribution in [0, 0.1) is 5.41 Å². The Morgan fingerprint density at radius 3 is 2.65 bits per heavy atom. The van der Waals surface area contributed by atoms with Crippen LogP contribution in [0.15, 0.2) is 0 Å². The summed E-state index contributed by atoms with van der Waals surface area (Å²) in [4.78, 5) is 2.58. The third kappa shape index (κ3) is 3.37. The van der Waals surface area contributed by atoms with Gasteiger partial charge in [0.1, 0.15) is 0 Å². The standard InChI is InChI=1S/C13H25NO2S/c1-11-8-16-12(2)7-14(11)9-13(10-17)3-5-15-6-4-13/h11-12,17H,3-10H2,1-2H3. The molecule has 0 aromatic carbocycles. The summed E-state index contributed by atoms with van der Waals surface area (Å²) >= 11 is 4.59. The van der Waals surface area contributed by atoms with E-state index in [1.54, 1.807) is 0 Å². The van der Waals surface area contributed by atoms with Gasteiger partial charge in [0.25, 0.3) is 0 Å². The van der Waals surface area contributed by atoms with Crippen molar-refractivity contribution < 1.29 is 9.47 Å². The molecule has 3 nitrogen and oxygen atoms in total. The van der Waals surface area contributed by atoms with E-state index in [1.165, 1.54) is 0 Å². The molecule has 2 rings (SSSR count). The normalized spacial score (nSPS) is 34.8. The average Bonchev–Trinajstić information content (AvgIpc) is 2.35. The molecule has 0 aromatic heterocycles. The summed E-state index contributed by atoms with van der Waals surface area (Å²) in [5.74, 6) is 0.967. The molecule has 2 atom stereocenters. The summed E-state index contributed by atoms with van der Waals surface area (Å²) in [7, 11) is 0. The predicted octanol–water partition coefficient (Wildman–Crippen LogP) is 1.82. The summed E-state index contributed by atoms with van der Waals surface area (Å²) in [6.07, 6.45) is 2.66. The highest BCUT2D eigenvalue weighted by Gasteiger charge is 2.36. The Morgan fingerprint density at radius 2 is 2.00 bits per heavy atom. The van der Waals surface area contributed by atoms with E-state index in [-0.39, 0.29) is 0 Å². The van der Waals surface area contributed by atoms with Crippen LogP contribution < -0.4 is 0 Å². The maximum atomic E-state index is 5.69. The van der Waals surface area contributed by atoms with Gasteiger partial charge in [-0.05, 0) is 37.9 Å². The zero-order valence-corrected chi connectivity index (χ0v) is 11.9. The fourth-order valence-corrected chi connectivity index (χ4v) is 3.21. The third-order valence-corrected chi connectivity index (χ3v) is 4.84. The van der Waals surface area contributed by atoms with Gasteiger partial charge in [-0.25, -0.2) is 0 Å². The van der Waals surface area contributed by atoms with Crippen LogP contribution in [-0.2, 0) is 9.47 Å². The van der Waals surface area contributed by atoms with Crippen molar-refractivity contribution in [1.29, 1.82) is 0 Å². The van der Waals surface area contributed by atoms with Crippen molar-refractivity contribution in [3.63, 3.8) is 0 Å². The van der Waals surface area contributed by atoms with Gasteiger partial charge in [0, 0.05) is 32.3 Å². The number of thiol groups is 1. The van der Waals surface area contributed by atoms with Crippen molar-refractivity contribution >= 4 is 12.6 Å². The minimum Gasteiger partial charge on any atom is -0.381 e. The van der Waals surface area contributed by atoms with E-state index in [9.17, 15) is 0 Å². The molecular formula is C13H25NO2S. The zero-order valence-electron chi connectivity index (χ0n) is 11.0. The summed E-state index contributed by atoms with van der Waals surface area (Å²) in [5, 5.41) is 0. The highest BCUT2D eigenvalue weighted by molar-refractivity contribution is 7.80. The van der Waals surface area contributed by atoms with Gasteiger partial charge in [-0.2, -0.15) is 12.6 Å². The van der Waals surface area contributed by atoms with E-state index < -0.39 is 0 Å². The van der Waals surface area contributed by atoms with Crippen molar-refractivity contribution in [1.82, 2.24) is 4.90 Å². The Balaban J connectivity index is 1.96. The van der Waals surface area contributed by atoms with Crippen LogP contribution in [0.5, 0.6) is 0 Å². The Labute approximate surface area is 110 Å². The fourth-order valence-electron chi connectivity index (χ4n) is 2.79. The Morgan fingerprint density at radius 1 is 1.29 bits per heavy atom. The molecule has 0 amide bonds. The molecular weight excluding hydrogens is 234 g/mol. The lowest BCUT2D eigenvalue weighted by atomic mass is 9.81. The third-order valence-electron chi connectivity index (χ3n) is 4.16. The van der Waals surface area contributed by atoms with E-state index in [2.05, 4.69) is 31.4 Å². The monoisotopic (exact) mass is 259 g/mol. The van der Waals surface area contributed by atoms with Crippen LogP contribution in [0.1, 0.15) is 26.7 Å². The molecule has 2 aliphatic heterocycles. The van der Waals surface area contributed by atoms with Crippen molar-refractivity contribution in [3.8, 4) is 0 Å². The lowest BCUT2D eigenvalue weighted by Gasteiger charge is -2.45. The van der Waals surface area contributed by atoms with Crippen molar-refractivity contribution in [2.24, 2.45) is 5.41 Å². The van der Waals surface area contributed by atoms with Crippen molar-refractivity contribution in [3.05, 3.63) is 0 Å². The summed E-state index contributed by atoms with van der Waals surface area (Å²) in [6.45, 7) is 9.28. The van der Waals surface area contributed by atoms with E-state index in [0.717, 1.165) is 51.5 Å². The van der Waals surface area contributed by atoms with Gasteiger partial charge in [0.15, 0.2) is 0 Å². The molecule has 2 fully saturated rings. The van der Waals surface area contributed by atoms with Gasteiger partial charge >= 0.3 is 0 Å². The van der Waals surface area contributed by atoms with Gasteiger partial charge in [0.05, 0.1) is 12.7 Å². The first-order valence-electron chi connectivity index (χ1n) is 6.69. The number of morpholine rings is 1. The number of hydrogen-bond donors (Lipinski definition) is 1. The molecule has 2 heterocycles. The van der Waals surface area contributed by atoms with Crippen molar-refractivity contribution in [2.45, 2.75) is 38.8 Å². The Hall–Kier alpha value is 0.230. The Bertz CT molecular complexity index is 244. The minimum absolute atomic E-state index is 0.354. The minimum atomic E-state index is 0.354. The first-order chi connectivity index (χ1) is 8.15. The molecule has 0 bridgehead atoms. The lowest BCUT2D eigenvalue weighted by Crippen LogP contribution is -2.53. The highest BCUT2D eigenvalue weighted by Crippen LogP contribution is 2.34. The topological polar surface area (TPSA) is 21.7 Å². The van der Waals surface area contributed by atoms with E-state index in [4.69, 9.17) is 9.47 Å². The van der Waals surface area contributed by atoms with Gasteiger partial charge < -0.3 is 9.47 Å². The first-order valence-corrected chi connectivity index (χ1v) is 7.33. The molecule has 4 heteroatoms. The SMILES string of the molecule is CC1CN(CC2(CS)CCOCC2)C(C)CO1. The summed E-state index contributed by atoms with van der Waals surface area (Å²) in [5.41, 5.74) is 0.354. The molecule has 0 spiro atoms. The molecule has 17 heavy (non-hydrogen) atoms. The van der Waals surface area contributed by atoms with E-state index in [0.29, 0.717) is 17.6 Å². The second-order valence-corrected chi connectivity index (χ2v) is 6.01. The zero-order chi connectivity index (χ0) is 12.3. The molecule has 2 saturated heterocycles. The molecule has 0 N–H and O–H groups in total. The largest absolute Gasteiger partial charge is 0.381 e. The van der Waals surface area contributed by atoms with Crippen LogP contribution in [-0.4, -0.2) is 55.7 Å². The second kappa shape index (κ2) is 5.91. The number of hydrogen-bond acceptors (Lipinski definition) is 4. The van der Waals surface area contributed by atoms with Crippen LogP contribution >= 0.6 is 12.6 Å². The molecule has 100 valence electrons. The predicted molar refractivity (Wildman–Crippen MR) is 72.8 cm³/mol. The van der Waals surface area contributed by atoms with Crippen LogP contribution in [0.3, 0.4) is 0 Å². The summed E-state index contributed by atoms with van der Waals surface area (Å²) < 4.78 is 11.2. The van der Waals surface area contributed by atoms with Crippen LogP contribution in [0.25, 0.3) is 0 Å². The number of ether oxygens (including phenoxy) is 2. The lowest BCUT2D eigenvalue weighted by molar-refractivity contribution is -0.0737. The molecule has 2 aliphatic rings. The average molecular weight is 259 g/mol. The van der Waals surface area contributed by atoms with Crippen LogP contribution in [0.2, 0.25) is 0 Å². The van der Waals surface area contributed by atoms with E-state index >= 15 is 0 Å². The number of nitrogens with zero attached hydrogens (tertiary/aromatic N) is 1. The van der Waals surface area contributed by atoms with Crippen molar-refractivity contribution in [2.75, 3.05) is 38.7 Å².